The Labute approximate surface area is 327 Å². The van der Waals surface area contributed by atoms with Crippen molar-refractivity contribution in [3.05, 3.63) is 193 Å². The lowest BCUT2D eigenvalue weighted by molar-refractivity contribution is 0.538. The van der Waals surface area contributed by atoms with E-state index in [1.807, 2.05) is 61.5 Å². The van der Waals surface area contributed by atoms with Crippen molar-refractivity contribution in [2.24, 2.45) is 0 Å². The molecule has 0 amide bonds. The summed E-state index contributed by atoms with van der Waals surface area (Å²) in [5.41, 5.74) is 12.5. The van der Waals surface area contributed by atoms with Crippen LogP contribution < -0.4 is 0 Å². The second-order valence-electron chi connectivity index (χ2n) is 14.6. The first-order chi connectivity index (χ1) is 28.0. The highest BCUT2D eigenvalue weighted by Crippen LogP contribution is 2.42. The minimum atomic E-state index is -0.0776. The molecule has 3 aromatic heterocycles. The second kappa shape index (κ2) is 12.7. The molecule has 0 aliphatic heterocycles. The molecule has 11 rings (SSSR count). The van der Waals surface area contributed by atoms with Gasteiger partial charge in [-0.1, -0.05) is 103 Å². The first kappa shape index (κ1) is 32.7. The maximum absolute atomic E-state index is 8.83. The van der Waals surface area contributed by atoms with Crippen molar-refractivity contribution < 1.29 is 9.15 Å². The molecule has 0 spiro atoms. The molecule has 0 saturated carbocycles. The molecule has 6 nitrogen and oxygen atoms in total. The highest BCUT2D eigenvalue weighted by atomic mass is 16.5. The van der Waals surface area contributed by atoms with Crippen LogP contribution in [0.25, 0.3) is 88.1 Å². The van der Waals surface area contributed by atoms with Crippen LogP contribution in [0.5, 0.6) is 0 Å². The SMILES string of the molecule is Cc1cccc(C(=N)OC(=N)c2cccc(-n3c4ccccc4c4cc(-c5cc6c(cc5-n5c7ccccc7c7ccccc75)oc5ccccc56)ccc43)c2)c1. The van der Waals surface area contributed by atoms with Gasteiger partial charge in [0.05, 0.1) is 27.8 Å². The van der Waals surface area contributed by atoms with E-state index in [2.05, 4.69) is 130 Å². The van der Waals surface area contributed by atoms with Crippen LogP contribution in [0.3, 0.4) is 0 Å². The highest BCUT2D eigenvalue weighted by Gasteiger charge is 2.21. The molecule has 8 aromatic carbocycles. The van der Waals surface area contributed by atoms with Crippen molar-refractivity contribution in [1.29, 1.82) is 10.8 Å². The Bertz CT molecular complexity index is 3400. The van der Waals surface area contributed by atoms with Crippen LogP contribution >= 0.6 is 0 Å². The van der Waals surface area contributed by atoms with Gasteiger partial charge in [-0.2, -0.15) is 0 Å². The number of ether oxygens (including phenoxy) is 1. The van der Waals surface area contributed by atoms with Gasteiger partial charge in [-0.3, -0.25) is 10.8 Å². The number of rotatable bonds is 5. The number of furan rings is 1. The third-order valence-electron chi connectivity index (χ3n) is 11.2. The molecule has 270 valence electrons. The average Bonchev–Trinajstić information content (AvgIpc) is 3.90. The van der Waals surface area contributed by atoms with Crippen LogP contribution in [-0.2, 0) is 4.74 Å². The van der Waals surface area contributed by atoms with E-state index in [0.717, 1.165) is 82.8 Å². The first-order valence-electron chi connectivity index (χ1n) is 19.0. The molecule has 0 aliphatic rings. The van der Waals surface area contributed by atoms with Gasteiger partial charge in [-0.15, -0.1) is 0 Å². The molecular formula is C51H34N4O2. The molecule has 57 heavy (non-hydrogen) atoms. The number of hydrogen-bond acceptors (Lipinski definition) is 4. The Morgan fingerprint density at radius 3 is 1.74 bits per heavy atom. The van der Waals surface area contributed by atoms with Crippen LogP contribution in [0.4, 0.5) is 0 Å². The monoisotopic (exact) mass is 734 g/mol. The largest absolute Gasteiger partial charge is 0.456 e. The van der Waals surface area contributed by atoms with Crippen molar-refractivity contribution in [2.75, 3.05) is 0 Å². The van der Waals surface area contributed by atoms with Crippen LogP contribution in [0.2, 0.25) is 0 Å². The van der Waals surface area contributed by atoms with Gasteiger partial charge < -0.3 is 18.3 Å². The predicted octanol–water partition coefficient (Wildman–Crippen LogP) is 13.1. The fourth-order valence-electron chi connectivity index (χ4n) is 8.57. The lowest BCUT2D eigenvalue weighted by Crippen LogP contribution is -2.13. The Kier molecular flexibility index (Phi) is 7.28. The lowest BCUT2D eigenvalue weighted by Gasteiger charge is -2.15. The summed E-state index contributed by atoms with van der Waals surface area (Å²) in [5, 5.41) is 24.2. The van der Waals surface area contributed by atoms with E-state index in [1.54, 1.807) is 0 Å². The van der Waals surface area contributed by atoms with E-state index in [9.17, 15) is 0 Å². The van der Waals surface area contributed by atoms with Gasteiger partial charge in [0, 0.05) is 60.8 Å². The molecule has 0 fully saturated rings. The Balaban J connectivity index is 1.10. The van der Waals surface area contributed by atoms with Crippen LogP contribution in [0, 0.1) is 17.7 Å². The Hall–Kier alpha value is -7.70. The van der Waals surface area contributed by atoms with E-state index >= 15 is 0 Å². The Morgan fingerprint density at radius 2 is 1.04 bits per heavy atom. The summed E-state index contributed by atoms with van der Waals surface area (Å²) in [6.07, 6.45) is 0. The molecular weight excluding hydrogens is 701 g/mol. The molecule has 6 heteroatoms. The normalized spacial score (nSPS) is 11.7. The number of para-hydroxylation sites is 4. The second-order valence-corrected chi connectivity index (χ2v) is 14.6. The molecule has 0 saturated heterocycles. The van der Waals surface area contributed by atoms with Crippen molar-refractivity contribution >= 4 is 77.3 Å². The fourth-order valence-corrected chi connectivity index (χ4v) is 8.57. The average molecular weight is 735 g/mol. The first-order valence-corrected chi connectivity index (χ1v) is 19.0. The Morgan fingerprint density at radius 1 is 0.456 bits per heavy atom. The van der Waals surface area contributed by atoms with E-state index in [1.165, 1.54) is 10.8 Å². The van der Waals surface area contributed by atoms with Crippen LogP contribution in [0.15, 0.2) is 180 Å². The van der Waals surface area contributed by atoms with Crippen molar-refractivity contribution in [3.63, 3.8) is 0 Å². The summed E-state index contributed by atoms with van der Waals surface area (Å²) in [5.74, 6) is -0.133. The standard InChI is InChI=1S/C51H34N4O2/c1-31-12-10-13-33(26-31)50(52)57-51(53)34-14-11-15-35(27-34)54-43-20-6-4-18-38(43)41-28-32(24-25-46(41)54)40-29-42-39-19-5-9-23-48(39)56-49(42)30-47(40)55-44-21-7-2-16-36(44)37-17-3-8-22-45(37)55/h2-30,52-53H,1H3. The topological polar surface area (TPSA) is 79.9 Å². The number of benzene rings is 8. The van der Waals surface area contributed by atoms with Crippen molar-refractivity contribution in [3.8, 4) is 22.5 Å². The number of hydrogen-bond donors (Lipinski definition) is 2. The highest BCUT2D eigenvalue weighted by molar-refractivity contribution is 6.14. The zero-order valence-electron chi connectivity index (χ0n) is 31.0. The third kappa shape index (κ3) is 5.19. The molecule has 0 unspecified atom stereocenters. The summed E-state index contributed by atoms with van der Waals surface area (Å²) in [6.45, 7) is 1.98. The molecule has 11 aromatic rings. The summed E-state index contributed by atoms with van der Waals surface area (Å²) < 4.78 is 16.9. The van der Waals surface area contributed by atoms with Gasteiger partial charge in [0.1, 0.15) is 11.2 Å². The summed E-state index contributed by atoms with van der Waals surface area (Å²) >= 11 is 0. The zero-order valence-corrected chi connectivity index (χ0v) is 31.0. The zero-order chi connectivity index (χ0) is 38.2. The van der Waals surface area contributed by atoms with Gasteiger partial charge in [0.25, 0.3) is 0 Å². The predicted molar refractivity (Wildman–Crippen MR) is 234 cm³/mol. The van der Waals surface area contributed by atoms with Gasteiger partial charge in [0.2, 0.25) is 11.8 Å². The number of nitrogens with zero attached hydrogens (tertiary/aromatic N) is 2. The van der Waals surface area contributed by atoms with Gasteiger partial charge in [0.15, 0.2) is 0 Å². The van der Waals surface area contributed by atoms with Crippen LogP contribution in [0.1, 0.15) is 16.7 Å². The van der Waals surface area contributed by atoms with Crippen molar-refractivity contribution in [1.82, 2.24) is 9.13 Å². The molecule has 2 N–H and O–H groups in total. The van der Waals surface area contributed by atoms with Gasteiger partial charge in [-0.25, -0.2) is 0 Å². The maximum Gasteiger partial charge on any atom is 0.221 e. The minimum absolute atomic E-state index is 0.0552. The van der Waals surface area contributed by atoms with E-state index in [4.69, 9.17) is 20.0 Å². The smallest absolute Gasteiger partial charge is 0.221 e. The lowest BCUT2D eigenvalue weighted by atomic mass is 9.98. The number of aryl methyl sites for hydroxylation is 1. The quantitative estimate of drug-likeness (QED) is 0.136. The van der Waals surface area contributed by atoms with E-state index < -0.39 is 0 Å². The van der Waals surface area contributed by atoms with Crippen molar-refractivity contribution in [2.45, 2.75) is 6.92 Å². The molecule has 0 atom stereocenters. The maximum atomic E-state index is 8.83. The number of aromatic nitrogens is 2. The number of nitrogens with one attached hydrogen (secondary N) is 2. The minimum Gasteiger partial charge on any atom is -0.456 e. The van der Waals surface area contributed by atoms with E-state index in [0.29, 0.717) is 11.1 Å². The summed E-state index contributed by atoms with van der Waals surface area (Å²) in [4.78, 5) is 0. The molecule has 0 aliphatic carbocycles. The molecule has 3 heterocycles. The third-order valence-corrected chi connectivity index (χ3v) is 11.2. The summed E-state index contributed by atoms with van der Waals surface area (Å²) in [7, 11) is 0. The van der Waals surface area contributed by atoms with Gasteiger partial charge in [-0.05, 0) is 85.3 Å². The fraction of sp³-hybridized carbons (Fsp3) is 0.0196. The molecule has 0 radical (unpaired) electrons. The van der Waals surface area contributed by atoms with Crippen LogP contribution in [-0.4, -0.2) is 20.9 Å². The number of fused-ring (bicyclic) bond motifs is 9. The van der Waals surface area contributed by atoms with E-state index in [-0.39, 0.29) is 11.8 Å². The molecule has 0 bridgehead atoms. The summed E-state index contributed by atoms with van der Waals surface area (Å²) in [6, 6.07) is 60.6. The van der Waals surface area contributed by atoms with Gasteiger partial charge >= 0.3 is 0 Å².